The molecule has 18 nitrogen and oxygen atoms in total. The number of aryl methyl sites for hydroxylation is 1. The van der Waals surface area contributed by atoms with Crippen molar-refractivity contribution in [1.82, 2.24) is 0 Å². The van der Waals surface area contributed by atoms with Crippen LogP contribution >= 0.6 is 0 Å². The third-order valence-electron chi connectivity index (χ3n) is 13.6. The van der Waals surface area contributed by atoms with Gasteiger partial charge in [-0.1, -0.05) is 90.9 Å². The van der Waals surface area contributed by atoms with Crippen molar-refractivity contribution in [3.05, 3.63) is 262 Å². The van der Waals surface area contributed by atoms with Crippen LogP contribution in [0, 0.1) is 56.3 Å². The second kappa shape index (κ2) is 36.4. The predicted molar refractivity (Wildman–Crippen MR) is 365 cm³/mol. The summed E-state index contributed by atoms with van der Waals surface area (Å²) in [5.41, 5.74) is 6.99. The largest absolute Gasteiger partial charge is 0.489 e. The molecule has 0 atom stereocenters. The Kier molecular flexibility index (Phi) is 27.2. The number of carboxylic acids is 6. The number of carboxylic acid groups (broad SMARTS) is 6. The molecule has 0 bridgehead atoms. The number of aromatic carboxylic acids is 6. The van der Waals surface area contributed by atoms with Crippen LogP contribution in [0.3, 0.4) is 0 Å². The Morgan fingerprint density at radius 3 is 1.55 bits per heavy atom. The normalized spacial score (nSPS) is 10.6. The molecule has 11 rings (SSSR count). The molecule has 0 aromatic heterocycles. The van der Waals surface area contributed by atoms with Gasteiger partial charge in [0, 0.05) is 12.0 Å². The number of carbonyl (C=O) groups is 6. The number of hydrogen-bond donors (Lipinski definition) is 6. The van der Waals surface area contributed by atoms with E-state index in [0.29, 0.717) is 52.7 Å². The van der Waals surface area contributed by atoms with Crippen LogP contribution in [0.5, 0.6) is 34.5 Å². The molecular formula is C78H62O18. The van der Waals surface area contributed by atoms with Gasteiger partial charge in [-0.3, -0.25) is 0 Å². The van der Waals surface area contributed by atoms with Gasteiger partial charge < -0.3 is 59.1 Å². The van der Waals surface area contributed by atoms with Gasteiger partial charge in [0.15, 0.2) is 0 Å². The Morgan fingerprint density at radius 2 is 0.948 bits per heavy atom. The van der Waals surface area contributed by atoms with Crippen molar-refractivity contribution in [3.63, 3.8) is 0 Å². The van der Waals surface area contributed by atoms with Crippen LogP contribution in [0.25, 0.3) is 33.7 Å². The molecule has 0 radical (unpaired) electrons. The summed E-state index contributed by atoms with van der Waals surface area (Å²) in [7, 11) is 0. The van der Waals surface area contributed by atoms with Crippen molar-refractivity contribution in [1.29, 1.82) is 0 Å². The molecule has 0 aliphatic carbocycles. The van der Waals surface area contributed by atoms with E-state index in [2.05, 4.69) is 30.3 Å². The summed E-state index contributed by atoms with van der Waals surface area (Å²) in [6.45, 7) is 6.67. The number of terminal acetylenes is 4. The summed E-state index contributed by atoms with van der Waals surface area (Å²) >= 11 is 0. The molecule has 9 aromatic rings. The number of allylic oxidation sites excluding steroid dienone is 1. The Balaban J connectivity index is 0.000000185. The van der Waals surface area contributed by atoms with Crippen LogP contribution in [0.1, 0.15) is 95.5 Å². The summed E-state index contributed by atoms with van der Waals surface area (Å²) in [5.74, 6) is 8.10. The Labute approximate surface area is 553 Å². The summed E-state index contributed by atoms with van der Waals surface area (Å²) in [5, 5.41) is 56.6. The van der Waals surface area contributed by atoms with E-state index >= 15 is 0 Å². The van der Waals surface area contributed by atoms with Crippen molar-refractivity contribution in [3.8, 4) is 83.9 Å². The van der Waals surface area contributed by atoms with Gasteiger partial charge in [-0.25, -0.2) is 28.8 Å². The fourth-order valence-electron chi connectivity index (χ4n) is 8.91. The third kappa shape index (κ3) is 21.6. The molecule has 0 saturated carbocycles. The maximum Gasteiger partial charge on any atom is 0.335 e. The van der Waals surface area contributed by atoms with E-state index in [1.54, 1.807) is 122 Å². The van der Waals surface area contributed by atoms with Crippen LogP contribution in [-0.4, -0.2) is 99.5 Å². The maximum absolute atomic E-state index is 11.2. The van der Waals surface area contributed by atoms with E-state index in [9.17, 15) is 28.8 Å². The second-order valence-corrected chi connectivity index (χ2v) is 20.1. The van der Waals surface area contributed by atoms with Crippen LogP contribution < -0.4 is 28.4 Å². The first-order valence-electron chi connectivity index (χ1n) is 28.8. The van der Waals surface area contributed by atoms with Gasteiger partial charge in [0.25, 0.3) is 0 Å². The Morgan fingerprint density at radius 1 is 0.479 bits per heavy atom. The molecule has 9 aromatic carbocycles. The highest BCUT2D eigenvalue weighted by molar-refractivity contribution is 5.99. The smallest absolute Gasteiger partial charge is 0.335 e. The molecular weight excluding hydrogens is 1220 g/mol. The van der Waals surface area contributed by atoms with E-state index in [0.717, 1.165) is 72.8 Å². The summed E-state index contributed by atoms with van der Waals surface area (Å²) in [4.78, 5) is 64.5. The quantitative estimate of drug-likeness (QED) is 0.0462. The Bertz CT molecular complexity index is 4550. The lowest BCUT2D eigenvalue weighted by atomic mass is 10.00. The fraction of sp³-hybridized carbons (Fsp3) is 0.103. The number of ether oxygens (including phenoxy) is 6. The van der Waals surface area contributed by atoms with Crippen molar-refractivity contribution >= 4 is 69.5 Å². The first-order valence-corrected chi connectivity index (χ1v) is 28.8. The van der Waals surface area contributed by atoms with Gasteiger partial charge >= 0.3 is 35.8 Å². The van der Waals surface area contributed by atoms with E-state index in [4.69, 9.17) is 84.8 Å². The molecule has 96 heavy (non-hydrogen) atoms. The molecule has 6 N–H and O–H groups in total. The van der Waals surface area contributed by atoms with Crippen molar-refractivity contribution < 1.29 is 87.8 Å². The summed E-state index contributed by atoms with van der Waals surface area (Å²) in [6, 6.07) is 47.4. The third-order valence-corrected chi connectivity index (χ3v) is 13.6. The molecule has 2 aliphatic heterocycles. The lowest BCUT2D eigenvalue weighted by Crippen LogP contribution is -2.03. The van der Waals surface area contributed by atoms with Crippen LogP contribution in [0.15, 0.2) is 195 Å². The molecule has 2 heterocycles. The minimum Gasteiger partial charge on any atom is -0.489 e. The van der Waals surface area contributed by atoms with Crippen LogP contribution in [0.4, 0.5) is 0 Å². The average Bonchev–Trinajstić information content (AvgIpc) is 0.799. The highest BCUT2D eigenvalue weighted by Gasteiger charge is 2.15. The summed E-state index contributed by atoms with van der Waals surface area (Å²) in [6.07, 6.45) is 30.9. The summed E-state index contributed by atoms with van der Waals surface area (Å²) < 4.78 is 32.0. The van der Waals surface area contributed by atoms with Crippen molar-refractivity contribution in [2.45, 2.75) is 19.8 Å². The first kappa shape index (κ1) is 71.7. The van der Waals surface area contributed by atoms with E-state index in [1.165, 1.54) is 12.1 Å². The molecule has 0 saturated heterocycles. The molecule has 0 amide bonds. The first-order chi connectivity index (χ1) is 46.2. The van der Waals surface area contributed by atoms with Gasteiger partial charge in [-0.15, -0.1) is 25.7 Å². The highest BCUT2D eigenvalue weighted by atomic mass is 16.5. The minimum absolute atomic E-state index is 0.123. The molecule has 0 unspecified atom stereocenters. The average molecular weight is 1290 g/mol. The Hall–Kier alpha value is -13.4. The monoisotopic (exact) mass is 1290 g/mol. The van der Waals surface area contributed by atoms with E-state index < -0.39 is 35.8 Å². The van der Waals surface area contributed by atoms with Gasteiger partial charge in [-0.05, 0) is 196 Å². The van der Waals surface area contributed by atoms with Gasteiger partial charge in [0.05, 0.1) is 39.6 Å². The number of fused-ring (bicyclic) bond motifs is 5. The van der Waals surface area contributed by atoms with E-state index in [1.807, 2.05) is 72.8 Å². The molecule has 18 heteroatoms. The van der Waals surface area contributed by atoms with Gasteiger partial charge in [0.1, 0.15) is 67.5 Å². The molecule has 482 valence electrons. The van der Waals surface area contributed by atoms with Crippen LogP contribution in [-0.2, 0) is 12.8 Å². The molecule has 0 spiro atoms. The lowest BCUT2D eigenvalue weighted by molar-refractivity contribution is 0.0686. The van der Waals surface area contributed by atoms with Crippen LogP contribution in [0.2, 0.25) is 0 Å². The highest BCUT2D eigenvalue weighted by Crippen LogP contribution is 2.33. The van der Waals surface area contributed by atoms with E-state index in [-0.39, 0.29) is 43.1 Å². The SMILES string of the molecule is C#CCOc1ccc(C(=O)O)cc1C.C#CCOc1ccc(Cc2cc(C(=O)O)ccc2OCC#C)cc1.C#CCOc1ccc2cc(C(=O)O)ccc2c1.C=Cc1ccc(C(=O)O)cc1.O=C(O)c1ccc2c(c1)CC=CO2.O=C(O)c1ccc2c3c(ccc2c1)OCC=C3. The molecule has 0 fully saturated rings. The zero-order chi connectivity index (χ0) is 69.5. The topological polar surface area (TPSA) is 279 Å². The zero-order valence-corrected chi connectivity index (χ0v) is 51.6. The minimum atomic E-state index is -0.988. The molecule has 2 aliphatic rings. The van der Waals surface area contributed by atoms with Crippen molar-refractivity contribution in [2.24, 2.45) is 0 Å². The number of hydrogen-bond acceptors (Lipinski definition) is 12. The van der Waals surface area contributed by atoms with Gasteiger partial charge in [-0.2, -0.15) is 0 Å². The number of rotatable bonds is 17. The zero-order valence-electron chi connectivity index (χ0n) is 51.6. The van der Waals surface area contributed by atoms with Crippen molar-refractivity contribution in [2.75, 3.05) is 33.0 Å². The number of benzene rings is 9. The fourth-order valence-corrected chi connectivity index (χ4v) is 8.91. The predicted octanol–water partition coefficient (Wildman–Crippen LogP) is 14.1. The standard InChI is InChI=1S/C20H16O4.2C14H10O3.C11H10O3.C10H8O3.C9H8O2/c1-3-11-23-18-8-5-15(6-9-18)13-17-14-16(20(21)22)7-10-19(17)24-12-4-2;15-14(16)10-3-5-11-9(8-10)4-6-13-12(11)2-1-7-17-13;1-2-7-17-13-6-5-10-8-12(14(15)16)4-3-11(10)9-13;1-3-6-14-10-5-4-9(11(12)13)7-8(10)2;11-10(12)8-3-4-9-7(6-8)2-1-5-13-9;1-2-7-3-5-8(6-4-7)9(10)11/h1-2,5-10,14H,11-13H2,(H,21,22);1-6,8H,7H2,(H,15,16);1,3-6,8-9H,7H2,(H,15,16);1,4-5,7H,6H2,2H3,(H,12,13);1,3-6H,2H2,(H,11,12);2-6H,1H2,(H,10,11). The lowest BCUT2D eigenvalue weighted by Gasteiger charge is -2.14. The van der Waals surface area contributed by atoms with Gasteiger partial charge in [0.2, 0.25) is 0 Å². The maximum atomic E-state index is 11.2. The second-order valence-electron chi connectivity index (χ2n) is 20.1.